The maximum Gasteiger partial charge on any atom is 0.338 e. The van der Waals surface area contributed by atoms with Gasteiger partial charge in [-0.2, -0.15) is 0 Å². The number of hydrogen-bond donors (Lipinski definition) is 1. The molecule has 0 aliphatic rings. The monoisotopic (exact) mass is 336 g/mol. The quantitative estimate of drug-likeness (QED) is 0.318. The summed E-state index contributed by atoms with van der Waals surface area (Å²) in [6.45, 7) is 0.611. The molecule has 0 heterocycles. The maximum absolute atomic E-state index is 12.1. The number of benzene rings is 3. The Morgan fingerprint density at radius 3 is 2.44 bits per heavy atom. The molecule has 1 N–H and O–H groups in total. The van der Waals surface area contributed by atoms with Crippen LogP contribution in [0.25, 0.3) is 10.8 Å². The second-order valence-corrected chi connectivity index (χ2v) is 5.43. The van der Waals surface area contributed by atoms with Gasteiger partial charge in [0.25, 0.3) is 5.69 Å². The third-order valence-electron chi connectivity index (χ3n) is 3.73. The average molecular weight is 336 g/mol. The zero-order chi connectivity index (χ0) is 17.6. The van der Waals surface area contributed by atoms with E-state index in [1.165, 1.54) is 12.1 Å². The van der Waals surface area contributed by atoms with E-state index in [9.17, 15) is 14.9 Å². The zero-order valence-electron chi connectivity index (χ0n) is 13.3. The maximum atomic E-state index is 12.1. The first kappa shape index (κ1) is 16.4. The number of esters is 1. The van der Waals surface area contributed by atoms with E-state index in [-0.39, 0.29) is 18.3 Å². The number of nitrogens with one attached hydrogen (secondary N) is 1. The molecule has 0 aromatic heterocycles. The van der Waals surface area contributed by atoms with Gasteiger partial charge >= 0.3 is 5.97 Å². The highest BCUT2D eigenvalue weighted by Gasteiger charge is 2.08. The van der Waals surface area contributed by atoms with Crippen LogP contribution in [0.1, 0.15) is 10.4 Å². The molecule has 3 aromatic carbocycles. The summed E-state index contributed by atoms with van der Waals surface area (Å²) in [7, 11) is 0. The first-order valence-corrected chi connectivity index (χ1v) is 7.78. The standard InChI is InChI=1S/C19H16N2O4/c22-19(16-6-5-14-3-1-2-4-15(14)13-16)25-12-11-20-17-7-9-18(10-8-17)21(23)24/h1-10,13,20H,11-12H2. The number of rotatable bonds is 6. The third-order valence-corrected chi connectivity index (χ3v) is 3.73. The van der Waals surface area contributed by atoms with Gasteiger partial charge in [-0.15, -0.1) is 0 Å². The third kappa shape index (κ3) is 4.11. The summed E-state index contributed by atoms with van der Waals surface area (Å²) in [6.07, 6.45) is 0. The second kappa shape index (κ2) is 7.44. The van der Waals surface area contributed by atoms with E-state index in [0.29, 0.717) is 12.1 Å². The normalized spacial score (nSPS) is 10.4. The van der Waals surface area contributed by atoms with E-state index in [0.717, 1.165) is 16.5 Å². The minimum absolute atomic E-state index is 0.0354. The molecule has 0 spiro atoms. The van der Waals surface area contributed by atoms with Gasteiger partial charge in [0.05, 0.1) is 10.5 Å². The van der Waals surface area contributed by atoms with Crippen LogP contribution in [-0.2, 0) is 4.74 Å². The lowest BCUT2D eigenvalue weighted by molar-refractivity contribution is -0.384. The van der Waals surface area contributed by atoms with E-state index in [4.69, 9.17) is 4.74 Å². The number of anilines is 1. The fourth-order valence-corrected chi connectivity index (χ4v) is 2.44. The summed E-state index contributed by atoms with van der Waals surface area (Å²) in [6, 6.07) is 19.3. The summed E-state index contributed by atoms with van der Waals surface area (Å²) in [5.41, 5.74) is 1.27. The van der Waals surface area contributed by atoms with Crippen LogP contribution in [0.4, 0.5) is 11.4 Å². The molecule has 6 nitrogen and oxygen atoms in total. The number of carbonyl (C=O) groups is 1. The molecule has 0 unspecified atom stereocenters. The summed E-state index contributed by atoms with van der Waals surface area (Å²) in [5.74, 6) is -0.378. The van der Waals surface area contributed by atoms with Crippen LogP contribution < -0.4 is 5.32 Å². The number of non-ortho nitro benzene ring substituents is 1. The Labute approximate surface area is 144 Å². The minimum atomic E-state index is -0.449. The molecule has 25 heavy (non-hydrogen) atoms. The summed E-state index contributed by atoms with van der Waals surface area (Å²) < 4.78 is 5.25. The number of ether oxygens (including phenoxy) is 1. The minimum Gasteiger partial charge on any atom is -0.460 e. The van der Waals surface area contributed by atoms with Crippen molar-refractivity contribution in [3.8, 4) is 0 Å². The van der Waals surface area contributed by atoms with Crippen molar-refractivity contribution in [1.29, 1.82) is 0 Å². The molecular formula is C19H16N2O4. The topological polar surface area (TPSA) is 81.5 Å². The van der Waals surface area contributed by atoms with Crippen molar-refractivity contribution in [2.45, 2.75) is 0 Å². The lowest BCUT2D eigenvalue weighted by atomic mass is 10.1. The summed E-state index contributed by atoms with van der Waals surface area (Å²) in [5, 5.41) is 15.7. The Kier molecular flexibility index (Phi) is 4.89. The lowest BCUT2D eigenvalue weighted by Crippen LogP contribution is -2.14. The molecule has 0 aliphatic heterocycles. The number of nitrogens with zero attached hydrogens (tertiary/aromatic N) is 1. The number of nitro benzene ring substituents is 1. The molecule has 0 atom stereocenters. The lowest BCUT2D eigenvalue weighted by Gasteiger charge is -2.08. The molecule has 0 fully saturated rings. The molecule has 126 valence electrons. The van der Waals surface area contributed by atoms with Crippen LogP contribution in [0.15, 0.2) is 66.7 Å². The predicted octanol–water partition coefficient (Wildman–Crippen LogP) is 4.02. The van der Waals surface area contributed by atoms with E-state index in [1.54, 1.807) is 24.3 Å². The smallest absolute Gasteiger partial charge is 0.338 e. The first-order valence-electron chi connectivity index (χ1n) is 7.78. The van der Waals surface area contributed by atoms with Gasteiger partial charge in [-0.1, -0.05) is 30.3 Å². The molecule has 0 bridgehead atoms. The number of fused-ring (bicyclic) bond motifs is 1. The van der Waals surface area contributed by atoms with Crippen LogP contribution in [0.5, 0.6) is 0 Å². The van der Waals surface area contributed by atoms with Crippen LogP contribution in [0, 0.1) is 10.1 Å². The van der Waals surface area contributed by atoms with Crippen LogP contribution >= 0.6 is 0 Å². The molecular weight excluding hydrogens is 320 g/mol. The Morgan fingerprint density at radius 1 is 1.00 bits per heavy atom. The van der Waals surface area contributed by atoms with Crippen LogP contribution in [-0.4, -0.2) is 24.0 Å². The highest BCUT2D eigenvalue weighted by molar-refractivity contribution is 5.95. The Hall–Kier alpha value is -3.41. The average Bonchev–Trinajstić information content (AvgIpc) is 2.65. The number of hydrogen-bond acceptors (Lipinski definition) is 5. The Balaban J connectivity index is 1.51. The van der Waals surface area contributed by atoms with Gasteiger partial charge in [0.15, 0.2) is 0 Å². The number of carbonyl (C=O) groups excluding carboxylic acids is 1. The fraction of sp³-hybridized carbons (Fsp3) is 0.105. The van der Waals surface area contributed by atoms with Crippen molar-refractivity contribution in [2.24, 2.45) is 0 Å². The number of nitro groups is 1. The Bertz CT molecular complexity index is 907. The van der Waals surface area contributed by atoms with Crippen molar-refractivity contribution < 1.29 is 14.5 Å². The van der Waals surface area contributed by atoms with E-state index in [1.807, 2.05) is 30.3 Å². The first-order chi connectivity index (χ1) is 12.1. The molecule has 3 rings (SSSR count). The SMILES string of the molecule is O=C(OCCNc1ccc([N+](=O)[O-])cc1)c1ccc2ccccc2c1. The zero-order valence-corrected chi connectivity index (χ0v) is 13.3. The van der Waals surface area contributed by atoms with Crippen LogP contribution in [0.2, 0.25) is 0 Å². The molecule has 0 amide bonds. The fourth-order valence-electron chi connectivity index (χ4n) is 2.44. The molecule has 0 aliphatic carbocycles. The van der Waals surface area contributed by atoms with Gasteiger partial charge in [0, 0.05) is 24.4 Å². The van der Waals surface area contributed by atoms with Crippen molar-refractivity contribution in [2.75, 3.05) is 18.5 Å². The summed E-state index contributed by atoms with van der Waals surface area (Å²) >= 11 is 0. The van der Waals surface area contributed by atoms with Gasteiger partial charge in [0.1, 0.15) is 6.61 Å². The van der Waals surface area contributed by atoms with Crippen molar-refractivity contribution in [3.63, 3.8) is 0 Å². The second-order valence-electron chi connectivity index (χ2n) is 5.43. The van der Waals surface area contributed by atoms with Gasteiger partial charge in [-0.3, -0.25) is 10.1 Å². The van der Waals surface area contributed by atoms with Crippen molar-refractivity contribution in [3.05, 3.63) is 82.4 Å². The van der Waals surface area contributed by atoms with E-state index >= 15 is 0 Å². The highest BCUT2D eigenvalue weighted by Crippen LogP contribution is 2.17. The van der Waals surface area contributed by atoms with Gasteiger partial charge in [-0.25, -0.2) is 4.79 Å². The molecule has 0 radical (unpaired) electrons. The van der Waals surface area contributed by atoms with E-state index < -0.39 is 4.92 Å². The van der Waals surface area contributed by atoms with E-state index in [2.05, 4.69) is 5.32 Å². The predicted molar refractivity (Wildman–Crippen MR) is 95.8 cm³/mol. The Morgan fingerprint density at radius 2 is 1.72 bits per heavy atom. The van der Waals surface area contributed by atoms with Gasteiger partial charge < -0.3 is 10.1 Å². The van der Waals surface area contributed by atoms with Gasteiger partial charge in [-0.05, 0) is 35.0 Å². The van der Waals surface area contributed by atoms with Crippen molar-refractivity contribution >= 4 is 28.1 Å². The van der Waals surface area contributed by atoms with Gasteiger partial charge in [0.2, 0.25) is 0 Å². The molecule has 6 heteroatoms. The molecule has 3 aromatic rings. The molecule has 0 saturated heterocycles. The summed E-state index contributed by atoms with van der Waals surface area (Å²) in [4.78, 5) is 22.2. The van der Waals surface area contributed by atoms with Crippen molar-refractivity contribution in [1.82, 2.24) is 0 Å². The largest absolute Gasteiger partial charge is 0.460 e. The molecule has 0 saturated carbocycles. The highest BCUT2D eigenvalue weighted by atomic mass is 16.6. The van der Waals surface area contributed by atoms with Crippen LogP contribution in [0.3, 0.4) is 0 Å².